The molecule has 1 unspecified atom stereocenters. The van der Waals surface area contributed by atoms with Crippen molar-refractivity contribution in [3.8, 4) is 0 Å². The fourth-order valence-corrected chi connectivity index (χ4v) is 0.668. The van der Waals surface area contributed by atoms with Crippen LogP contribution in [0.5, 0.6) is 0 Å². The van der Waals surface area contributed by atoms with Crippen LogP contribution in [0.1, 0.15) is 13.8 Å². The van der Waals surface area contributed by atoms with Gasteiger partial charge in [0.25, 0.3) is 0 Å². The third kappa shape index (κ3) is 5.38. The van der Waals surface area contributed by atoms with Crippen molar-refractivity contribution in [2.45, 2.75) is 20.0 Å². The molecule has 0 heterocycles. The first-order valence-electron chi connectivity index (χ1n) is 4.11. The number of aliphatic hydroxyl groups is 1. The van der Waals surface area contributed by atoms with E-state index in [0.29, 0.717) is 0 Å². The van der Waals surface area contributed by atoms with E-state index in [-0.39, 0.29) is 18.9 Å². The summed E-state index contributed by atoms with van der Waals surface area (Å²) in [5.41, 5.74) is 5.15. The summed E-state index contributed by atoms with van der Waals surface area (Å²) in [6.45, 7) is 3.17. The topological polar surface area (TPSA) is 55.5 Å². The standard InChI is InChI=1S/C9H16FNO2/c1-3-4-9(7(2)10)13-6-8(12)5-11/h3-4,8,12H,5-6,11H2,1-2H3/b4-3-,9-7-. The van der Waals surface area contributed by atoms with Crippen molar-refractivity contribution in [1.29, 1.82) is 0 Å². The second-order valence-corrected chi connectivity index (χ2v) is 2.60. The second-order valence-electron chi connectivity index (χ2n) is 2.60. The van der Waals surface area contributed by atoms with Crippen LogP contribution in [0.4, 0.5) is 4.39 Å². The van der Waals surface area contributed by atoms with Gasteiger partial charge in [-0.25, -0.2) is 4.39 Å². The Morgan fingerprint density at radius 2 is 2.31 bits per heavy atom. The number of aliphatic hydroxyl groups excluding tert-OH is 1. The molecule has 13 heavy (non-hydrogen) atoms. The van der Waals surface area contributed by atoms with E-state index in [4.69, 9.17) is 15.6 Å². The molecular weight excluding hydrogens is 173 g/mol. The Bertz CT molecular complexity index is 198. The average molecular weight is 189 g/mol. The highest BCUT2D eigenvalue weighted by atomic mass is 19.1. The maximum atomic E-state index is 12.7. The van der Waals surface area contributed by atoms with Gasteiger partial charge in [0.2, 0.25) is 0 Å². The van der Waals surface area contributed by atoms with E-state index in [1.165, 1.54) is 13.0 Å². The van der Waals surface area contributed by atoms with Crippen molar-refractivity contribution >= 4 is 0 Å². The van der Waals surface area contributed by atoms with E-state index in [9.17, 15) is 4.39 Å². The van der Waals surface area contributed by atoms with Gasteiger partial charge in [-0.1, -0.05) is 6.08 Å². The quantitative estimate of drug-likeness (QED) is 0.503. The van der Waals surface area contributed by atoms with Crippen molar-refractivity contribution in [2.24, 2.45) is 5.73 Å². The Morgan fingerprint density at radius 1 is 1.69 bits per heavy atom. The molecule has 0 fully saturated rings. The van der Waals surface area contributed by atoms with E-state index in [0.717, 1.165) is 0 Å². The molecule has 0 aliphatic carbocycles. The predicted molar refractivity (Wildman–Crippen MR) is 49.6 cm³/mol. The van der Waals surface area contributed by atoms with Crippen LogP contribution in [0.15, 0.2) is 23.7 Å². The van der Waals surface area contributed by atoms with Crippen LogP contribution in [0, 0.1) is 0 Å². The molecule has 0 aliphatic heterocycles. The Hall–Kier alpha value is -0.870. The van der Waals surface area contributed by atoms with Crippen LogP contribution in [0.2, 0.25) is 0 Å². The number of rotatable bonds is 5. The fraction of sp³-hybridized carbons (Fsp3) is 0.556. The molecule has 0 aromatic carbocycles. The van der Waals surface area contributed by atoms with Gasteiger partial charge in [0.15, 0.2) is 0 Å². The molecule has 0 aromatic heterocycles. The van der Waals surface area contributed by atoms with Gasteiger partial charge in [-0.05, 0) is 19.9 Å². The molecule has 0 aromatic rings. The lowest BCUT2D eigenvalue weighted by atomic mass is 10.3. The Balaban J connectivity index is 4.07. The van der Waals surface area contributed by atoms with E-state index in [2.05, 4.69) is 0 Å². The van der Waals surface area contributed by atoms with Crippen molar-refractivity contribution in [2.75, 3.05) is 13.2 Å². The maximum absolute atomic E-state index is 12.7. The van der Waals surface area contributed by atoms with Gasteiger partial charge in [-0.2, -0.15) is 0 Å². The largest absolute Gasteiger partial charge is 0.488 e. The molecule has 0 saturated carbocycles. The van der Waals surface area contributed by atoms with Gasteiger partial charge < -0.3 is 15.6 Å². The minimum absolute atomic E-state index is 0.0113. The van der Waals surface area contributed by atoms with Crippen molar-refractivity contribution in [1.82, 2.24) is 0 Å². The number of hydrogen-bond donors (Lipinski definition) is 2. The van der Waals surface area contributed by atoms with Gasteiger partial charge >= 0.3 is 0 Å². The SMILES string of the molecule is C/C=C\C(OCC(O)CN)=C(/C)F. The normalized spacial score (nSPS) is 15.8. The van der Waals surface area contributed by atoms with Gasteiger partial charge in [0, 0.05) is 6.54 Å². The summed E-state index contributed by atoms with van der Waals surface area (Å²) in [6, 6.07) is 0. The van der Waals surface area contributed by atoms with Crippen LogP contribution < -0.4 is 5.73 Å². The van der Waals surface area contributed by atoms with Gasteiger partial charge in [0.1, 0.15) is 24.3 Å². The number of allylic oxidation sites excluding steroid dienone is 3. The summed E-state index contributed by atoms with van der Waals surface area (Å²) < 4.78 is 17.7. The lowest BCUT2D eigenvalue weighted by Crippen LogP contribution is -2.24. The molecule has 0 bridgehead atoms. The molecule has 3 nitrogen and oxygen atoms in total. The molecule has 1 atom stereocenters. The molecule has 0 rings (SSSR count). The lowest BCUT2D eigenvalue weighted by Gasteiger charge is -2.10. The van der Waals surface area contributed by atoms with Crippen LogP contribution in [-0.2, 0) is 4.74 Å². The minimum atomic E-state index is -0.750. The summed E-state index contributed by atoms with van der Waals surface area (Å²) in [6.07, 6.45) is 2.41. The molecule has 4 heteroatoms. The third-order valence-corrected chi connectivity index (χ3v) is 1.36. The number of hydrogen-bond acceptors (Lipinski definition) is 3. The van der Waals surface area contributed by atoms with Crippen LogP contribution in [0.25, 0.3) is 0 Å². The summed E-state index contributed by atoms with van der Waals surface area (Å²) in [5, 5.41) is 9.04. The highest BCUT2D eigenvalue weighted by Crippen LogP contribution is 2.09. The van der Waals surface area contributed by atoms with Gasteiger partial charge in [-0.15, -0.1) is 0 Å². The maximum Gasteiger partial charge on any atom is 0.150 e. The van der Waals surface area contributed by atoms with E-state index < -0.39 is 11.9 Å². The van der Waals surface area contributed by atoms with E-state index >= 15 is 0 Å². The highest BCUT2D eigenvalue weighted by molar-refractivity contribution is 5.13. The summed E-state index contributed by atoms with van der Waals surface area (Å²) >= 11 is 0. The molecule has 0 saturated heterocycles. The monoisotopic (exact) mass is 189 g/mol. The highest BCUT2D eigenvalue weighted by Gasteiger charge is 2.04. The van der Waals surface area contributed by atoms with Gasteiger partial charge in [-0.3, -0.25) is 0 Å². The van der Waals surface area contributed by atoms with Crippen LogP contribution >= 0.6 is 0 Å². The first-order chi connectivity index (χ1) is 6.11. The molecule has 3 N–H and O–H groups in total. The zero-order valence-corrected chi connectivity index (χ0v) is 7.96. The van der Waals surface area contributed by atoms with Crippen molar-refractivity contribution < 1.29 is 14.2 Å². The van der Waals surface area contributed by atoms with Crippen molar-refractivity contribution in [3.63, 3.8) is 0 Å². The van der Waals surface area contributed by atoms with Crippen molar-refractivity contribution in [3.05, 3.63) is 23.7 Å². The number of nitrogens with two attached hydrogens (primary N) is 1. The fourth-order valence-electron chi connectivity index (χ4n) is 0.668. The molecule has 0 spiro atoms. The molecule has 0 radical (unpaired) electrons. The molecule has 0 aliphatic rings. The van der Waals surface area contributed by atoms with E-state index in [1.807, 2.05) is 0 Å². The smallest absolute Gasteiger partial charge is 0.150 e. The Kier molecular flexibility index (Phi) is 6.18. The third-order valence-electron chi connectivity index (χ3n) is 1.36. The van der Waals surface area contributed by atoms with Gasteiger partial charge in [0.05, 0.1) is 0 Å². The summed E-state index contributed by atoms with van der Waals surface area (Å²) in [4.78, 5) is 0. The second kappa shape index (κ2) is 6.62. The lowest BCUT2D eigenvalue weighted by molar-refractivity contribution is 0.0786. The molecular formula is C9H16FNO2. The zero-order valence-electron chi connectivity index (χ0n) is 7.96. The minimum Gasteiger partial charge on any atom is -0.488 e. The molecule has 76 valence electrons. The first kappa shape index (κ1) is 12.1. The Labute approximate surface area is 77.7 Å². The van der Waals surface area contributed by atoms with E-state index in [1.54, 1.807) is 13.0 Å². The number of halogens is 1. The predicted octanol–water partition coefficient (Wildman–Crippen LogP) is 1.10. The summed E-state index contributed by atoms with van der Waals surface area (Å²) in [7, 11) is 0. The summed E-state index contributed by atoms with van der Waals surface area (Å²) in [5.74, 6) is -0.280. The first-order valence-corrected chi connectivity index (χ1v) is 4.11. The zero-order chi connectivity index (χ0) is 10.3. The van der Waals surface area contributed by atoms with Crippen LogP contribution in [-0.4, -0.2) is 24.4 Å². The Morgan fingerprint density at radius 3 is 2.69 bits per heavy atom. The number of ether oxygens (including phenoxy) is 1. The van der Waals surface area contributed by atoms with Crippen LogP contribution in [0.3, 0.4) is 0 Å². The average Bonchev–Trinajstić information content (AvgIpc) is 2.11. The molecule has 0 amide bonds.